The minimum Gasteiger partial charge on any atom is -0.462 e. The number of rotatable bonds is 12. The van der Waals surface area contributed by atoms with Crippen molar-refractivity contribution in [3.63, 3.8) is 0 Å². The number of benzene rings is 1. The largest absolute Gasteiger partial charge is 0.462 e. The Labute approximate surface area is 353 Å². The summed E-state index contributed by atoms with van der Waals surface area (Å²) in [5, 5.41) is 0.737. The predicted octanol–water partition coefficient (Wildman–Crippen LogP) is 9.74. The number of fused-ring (bicyclic) bond motifs is 7. The average molecular weight is 816 g/mol. The number of esters is 1. The first-order valence-electron chi connectivity index (χ1n) is 23.1. The molecule has 7 nitrogen and oxygen atoms in total. The molecule has 0 N–H and O–H groups in total. The van der Waals surface area contributed by atoms with Gasteiger partial charge >= 0.3 is 5.97 Å². The Morgan fingerprint density at radius 1 is 0.879 bits per heavy atom. The summed E-state index contributed by atoms with van der Waals surface area (Å²) in [6.45, 7) is 16.1. The number of allylic oxidation sites excluding steroid dienone is 2. The molecule has 0 aliphatic heterocycles. The topological polar surface area (TPSA) is 84.0 Å². The first-order chi connectivity index (χ1) is 27.5. The Morgan fingerprint density at radius 2 is 1.55 bits per heavy atom. The molecule has 12 unspecified atom stereocenters. The van der Waals surface area contributed by atoms with Crippen LogP contribution in [0.1, 0.15) is 131 Å². The van der Waals surface area contributed by atoms with Crippen LogP contribution < -0.4 is 0 Å². The summed E-state index contributed by atoms with van der Waals surface area (Å²) in [4.78, 5) is 58.2. The number of ketones is 1. The van der Waals surface area contributed by atoms with Gasteiger partial charge in [-0.2, -0.15) is 0 Å². The van der Waals surface area contributed by atoms with Crippen molar-refractivity contribution in [2.24, 2.45) is 69.5 Å². The summed E-state index contributed by atoms with van der Waals surface area (Å²) >= 11 is 6.29. The van der Waals surface area contributed by atoms with Gasteiger partial charge in [0.1, 0.15) is 12.4 Å². The lowest BCUT2D eigenvalue weighted by atomic mass is 9.38. The van der Waals surface area contributed by atoms with Crippen molar-refractivity contribution in [1.29, 1.82) is 0 Å². The zero-order valence-corrected chi connectivity index (χ0v) is 37.5. The zero-order valence-electron chi connectivity index (χ0n) is 36.8. The lowest BCUT2D eigenvalue weighted by Gasteiger charge is -2.67. The predicted molar refractivity (Wildman–Crippen MR) is 229 cm³/mol. The van der Waals surface area contributed by atoms with Crippen molar-refractivity contribution in [1.82, 2.24) is 9.80 Å². The van der Waals surface area contributed by atoms with E-state index in [1.165, 1.54) is 17.6 Å². The molecular weight excluding hydrogens is 744 g/mol. The van der Waals surface area contributed by atoms with Crippen molar-refractivity contribution in [3.05, 3.63) is 46.0 Å². The lowest BCUT2D eigenvalue weighted by Crippen LogP contribution is -2.61. The number of halogens is 1. The number of carbonyl (C=O) groups excluding carboxylic acids is 4. The van der Waals surface area contributed by atoms with Crippen LogP contribution in [-0.2, 0) is 29.3 Å². The molecule has 8 rings (SSSR count). The number of likely N-dealkylation sites (N-methyl/N-ethyl adjacent to an activating group) is 1. The molecule has 1 aromatic carbocycles. The third-order valence-electron chi connectivity index (χ3n) is 18.3. The Morgan fingerprint density at radius 3 is 2.19 bits per heavy atom. The van der Waals surface area contributed by atoms with Crippen molar-refractivity contribution in [3.8, 4) is 0 Å². The first kappa shape index (κ1) is 42.2. The van der Waals surface area contributed by atoms with Gasteiger partial charge in [-0.05, 0) is 160 Å². The van der Waals surface area contributed by atoms with Gasteiger partial charge < -0.3 is 19.3 Å². The van der Waals surface area contributed by atoms with Crippen molar-refractivity contribution in [2.75, 3.05) is 33.7 Å². The smallest absolute Gasteiger partial charge is 0.309 e. The highest BCUT2D eigenvalue weighted by atomic mass is 35.5. The van der Waals surface area contributed by atoms with Crippen LogP contribution in [0.2, 0.25) is 5.02 Å². The maximum Gasteiger partial charge on any atom is 0.309 e. The number of ether oxygens (including phenoxy) is 1. The summed E-state index contributed by atoms with van der Waals surface area (Å²) < 4.78 is 6.32. The van der Waals surface area contributed by atoms with E-state index in [1.807, 2.05) is 19.1 Å². The van der Waals surface area contributed by atoms with Gasteiger partial charge in [0.05, 0.1) is 5.92 Å². The summed E-state index contributed by atoms with van der Waals surface area (Å²) in [5.41, 5.74) is 3.65. The van der Waals surface area contributed by atoms with Gasteiger partial charge in [0.25, 0.3) is 0 Å². The SMILES string of the molecule is CC(C)C1=C2C3CCC4C(C)(CCC5C(C)C(OC(=O)C6CC(C=O)C6C)CCC54C)C3CCC2(CC(=O)N(CCN(C)C)CC2(c3ccc(Cl)cc3)CC2)CC1=O. The second-order valence-corrected chi connectivity index (χ2v) is 22.3. The van der Waals surface area contributed by atoms with Gasteiger partial charge in [0, 0.05) is 54.2 Å². The molecule has 0 bridgehead atoms. The molecule has 1 aromatic rings. The number of carbonyl (C=O) groups is 4. The molecule has 0 heterocycles. The van der Waals surface area contributed by atoms with Gasteiger partial charge in [-0.15, -0.1) is 0 Å². The molecule has 6 saturated carbocycles. The fourth-order valence-electron chi connectivity index (χ4n) is 14.8. The minimum atomic E-state index is -0.382. The van der Waals surface area contributed by atoms with E-state index in [0.717, 1.165) is 81.2 Å². The third kappa shape index (κ3) is 6.96. The van der Waals surface area contributed by atoms with E-state index in [1.54, 1.807) is 0 Å². The first-order valence-corrected chi connectivity index (χ1v) is 23.5. The molecular formula is C50H71ClN2O5. The molecule has 1 amide bonds. The monoisotopic (exact) mass is 815 g/mol. The number of Topliss-reactive ketones (excluding diaryl/α,β-unsaturated/α-hetero) is 1. The summed E-state index contributed by atoms with van der Waals surface area (Å²) in [5.74, 6) is 2.72. The second-order valence-electron chi connectivity index (χ2n) is 21.9. The highest BCUT2D eigenvalue weighted by Gasteiger charge is 2.65. The number of hydrogen-bond donors (Lipinski definition) is 0. The molecule has 0 aromatic heterocycles. The summed E-state index contributed by atoms with van der Waals surface area (Å²) in [7, 11) is 4.16. The molecule has 12 atom stereocenters. The Kier molecular flexibility index (Phi) is 11.2. The Bertz CT molecular complexity index is 1820. The standard InChI is InChI=1S/C50H71ClN2O5/c1-30(2)44-40(55)26-50(27-43(56)53(24-23-52(7)8)29-49(21-22-49)34-9-11-35(51)12-10-34)20-16-39-36(45(44)50)13-14-42-47(5)19-17-41(32(4)38(47)15-18-48(39,42)6)58-46(57)37-25-33(28-54)31(37)3/h9-12,28,30-33,36-39,41-42H,13-27,29H2,1-8H3. The third-order valence-corrected chi connectivity index (χ3v) is 18.6. The highest BCUT2D eigenvalue weighted by Crippen LogP contribution is 2.72. The van der Waals surface area contributed by atoms with Gasteiger partial charge in [-0.25, -0.2) is 0 Å². The molecule has 0 radical (unpaired) electrons. The van der Waals surface area contributed by atoms with Gasteiger partial charge in [0.15, 0.2) is 5.78 Å². The van der Waals surface area contributed by atoms with E-state index >= 15 is 0 Å². The van der Waals surface area contributed by atoms with E-state index in [-0.39, 0.29) is 63.3 Å². The normalized spacial score (nSPS) is 39.9. The van der Waals surface area contributed by atoms with Crippen LogP contribution in [0.25, 0.3) is 0 Å². The summed E-state index contributed by atoms with van der Waals surface area (Å²) in [6, 6.07) is 8.23. The van der Waals surface area contributed by atoms with Crippen molar-refractivity contribution in [2.45, 2.75) is 137 Å². The van der Waals surface area contributed by atoms with Gasteiger partial charge in [0.2, 0.25) is 5.91 Å². The maximum absolute atomic E-state index is 14.9. The van der Waals surface area contributed by atoms with E-state index in [0.29, 0.717) is 67.7 Å². The number of aldehydes is 1. The molecule has 0 spiro atoms. The van der Waals surface area contributed by atoms with E-state index in [2.05, 4.69) is 70.6 Å². The summed E-state index contributed by atoms with van der Waals surface area (Å²) in [6.07, 6.45) is 13.2. The van der Waals surface area contributed by atoms with Crippen molar-refractivity contribution >= 4 is 35.5 Å². The van der Waals surface area contributed by atoms with Gasteiger partial charge in [-0.1, -0.05) is 70.8 Å². The maximum atomic E-state index is 14.9. The molecule has 0 saturated heterocycles. The number of hydrogen-bond acceptors (Lipinski definition) is 6. The second kappa shape index (κ2) is 15.4. The van der Waals surface area contributed by atoms with E-state index in [9.17, 15) is 19.2 Å². The minimum absolute atomic E-state index is 0.0145. The average Bonchev–Trinajstić information content (AvgIpc) is 3.88. The Hall–Kier alpha value is -2.51. The molecule has 58 heavy (non-hydrogen) atoms. The zero-order chi connectivity index (χ0) is 41.5. The van der Waals surface area contributed by atoms with Gasteiger partial charge in [-0.3, -0.25) is 14.4 Å². The van der Waals surface area contributed by atoms with Crippen LogP contribution >= 0.6 is 11.6 Å². The molecule has 8 heteroatoms. The van der Waals surface area contributed by atoms with Crippen LogP contribution in [0.3, 0.4) is 0 Å². The van der Waals surface area contributed by atoms with E-state index < -0.39 is 0 Å². The van der Waals surface area contributed by atoms with Crippen molar-refractivity contribution < 1.29 is 23.9 Å². The number of nitrogens with zero attached hydrogens (tertiary/aromatic N) is 2. The highest BCUT2D eigenvalue weighted by molar-refractivity contribution is 6.30. The fourth-order valence-corrected chi connectivity index (χ4v) is 14.9. The molecule has 7 aliphatic carbocycles. The number of amides is 1. The Balaban J connectivity index is 1.02. The van der Waals surface area contributed by atoms with Crippen LogP contribution in [0.4, 0.5) is 0 Å². The van der Waals surface area contributed by atoms with Crippen LogP contribution in [0, 0.1) is 69.5 Å². The fraction of sp³-hybridized carbons (Fsp3) is 0.760. The van der Waals surface area contributed by atoms with Crippen LogP contribution in [0.5, 0.6) is 0 Å². The quantitative estimate of drug-likeness (QED) is 0.154. The lowest BCUT2D eigenvalue weighted by molar-refractivity contribution is -0.196. The molecule has 6 fully saturated rings. The van der Waals surface area contributed by atoms with E-state index in [4.69, 9.17) is 16.3 Å². The molecule has 7 aliphatic rings. The molecule has 318 valence electrons. The van der Waals surface area contributed by atoms with Crippen LogP contribution in [0.15, 0.2) is 35.4 Å². The van der Waals surface area contributed by atoms with Crippen LogP contribution in [-0.4, -0.2) is 73.6 Å².